The Balaban J connectivity index is 2.50. The summed E-state index contributed by atoms with van der Waals surface area (Å²) in [5, 5.41) is 8.26. The van der Waals surface area contributed by atoms with Crippen molar-refractivity contribution in [3.63, 3.8) is 0 Å². The predicted octanol–water partition coefficient (Wildman–Crippen LogP) is 1.02. The van der Waals surface area contributed by atoms with Crippen molar-refractivity contribution in [2.75, 3.05) is 12.4 Å². The molecule has 0 radical (unpaired) electrons. The summed E-state index contributed by atoms with van der Waals surface area (Å²) >= 11 is 1.37. The number of nitrogens with one attached hydrogen (secondary N) is 1. The molecule has 70 valence electrons. The number of amides is 1. The van der Waals surface area contributed by atoms with Gasteiger partial charge in [-0.1, -0.05) is 5.16 Å². The number of oxime groups is 1. The SMILES string of the molecule is CO/N=C/C(=O)Nc1nc(C)cs1. The average Bonchev–Trinajstić information content (AvgIpc) is 2.48. The zero-order valence-corrected chi connectivity index (χ0v) is 8.09. The standard InChI is InChI=1S/C7H9N3O2S/c1-5-4-13-7(9-5)10-6(11)3-8-12-2/h3-4H,1-2H3,(H,9,10,11)/b8-3+. The molecule has 5 nitrogen and oxygen atoms in total. The van der Waals surface area contributed by atoms with E-state index in [2.05, 4.69) is 20.3 Å². The molecular formula is C7H9N3O2S. The maximum absolute atomic E-state index is 11.0. The topological polar surface area (TPSA) is 63.6 Å². The first-order valence-corrected chi connectivity index (χ1v) is 4.40. The van der Waals surface area contributed by atoms with Crippen molar-refractivity contribution < 1.29 is 9.63 Å². The van der Waals surface area contributed by atoms with Crippen LogP contribution in [0, 0.1) is 6.92 Å². The molecule has 1 aromatic rings. The Labute approximate surface area is 79.4 Å². The lowest BCUT2D eigenvalue weighted by Crippen LogP contribution is -2.12. The van der Waals surface area contributed by atoms with Crippen LogP contribution in [0.15, 0.2) is 10.5 Å². The highest BCUT2D eigenvalue weighted by atomic mass is 32.1. The number of thiazole rings is 1. The van der Waals surface area contributed by atoms with E-state index in [1.807, 2.05) is 12.3 Å². The van der Waals surface area contributed by atoms with Gasteiger partial charge in [0.25, 0.3) is 5.91 Å². The molecule has 1 amide bonds. The Kier molecular flexibility index (Phi) is 3.39. The van der Waals surface area contributed by atoms with Crippen LogP contribution >= 0.6 is 11.3 Å². The van der Waals surface area contributed by atoms with Gasteiger partial charge in [0.2, 0.25) is 0 Å². The highest BCUT2D eigenvalue weighted by molar-refractivity contribution is 7.14. The van der Waals surface area contributed by atoms with Gasteiger partial charge in [-0.3, -0.25) is 10.1 Å². The summed E-state index contributed by atoms with van der Waals surface area (Å²) in [5.41, 5.74) is 0.879. The first-order chi connectivity index (χ1) is 6.22. The highest BCUT2D eigenvalue weighted by Gasteiger charge is 2.01. The van der Waals surface area contributed by atoms with E-state index in [-0.39, 0.29) is 5.91 Å². The van der Waals surface area contributed by atoms with E-state index in [1.165, 1.54) is 18.4 Å². The summed E-state index contributed by atoms with van der Waals surface area (Å²) in [6.07, 6.45) is 1.05. The third kappa shape index (κ3) is 3.20. The van der Waals surface area contributed by atoms with Gasteiger partial charge in [-0.2, -0.15) is 0 Å². The second-order valence-corrected chi connectivity index (χ2v) is 3.06. The summed E-state index contributed by atoms with van der Waals surface area (Å²) in [6, 6.07) is 0. The van der Waals surface area contributed by atoms with Crippen LogP contribution in [0.25, 0.3) is 0 Å². The van der Waals surface area contributed by atoms with E-state index in [4.69, 9.17) is 0 Å². The second kappa shape index (κ2) is 4.56. The number of hydrogen-bond acceptors (Lipinski definition) is 5. The van der Waals surface area contributed by atoms with Gasteiger partial charge in [-0.05, 0) is 6.92 Å². The maximum atomic E-state index is 11.0. The minimum atomic E-state index is -0.351. The number of carbonyl (C=O) groups excluding carboxylic acids is 1. The van der Waals surface area contributed by atoms with Crippen molar-refractivity contribution >= 4 is 28.6 Å². The molecular weight excluding hydrogens is 190 g/mol. The first kappa shape index (κ1) is 9.66. The van der Waals surface area contributed by atoms with E-state index in [0.29, 0.717) is 5.13 Å². The molecule has 0 fully saturated rings. The number of carbonyl (C=O) groups is 1. The van der Waals surface area contributed by atoms with Gasteiger partial charge < -0.3 is 4.84 Å². The highest BCUT2D eigenvalue weighted by Crippen LogP contribution is 2.13. The molecule has 0 aromatic carbocycles. The molecule has 6 heteroatoms. The molecule has 1 heterocycles. The smallest absolute Gasteiger partial charge is 0.271 e. The number of anilines is 1. The molecule has 0 atom stereocenters. The lowest BCUT2D eigenvalue weighted by molar-refractivity contribution is -0.110. The number of rotatable bonds is 3. The van der Waals surface area contributed by atoms with Gasteiger partial charge in [0.15, 0.2) is 5.13 Å². The first-order valence-electron chi connectivity index (χ1n) is 3.52. The summed E-state index contributed by atoms with van der Waals surface area (Å²) in [7, 11) is 1.37. The van der Waals surface area contributed by atoms with Gasteiger partial charge in [-0.15, -0.1) is 11.3 Å². The minimum absolute atomic E-state index is 0.351. The van der Waals surface area contributed by atoms with Crippen LogP contribution in [-0.2, 0) is 9.63 Å². The molecule has 0 bridgehead atoms. The molecule has 0 aliphatic heterocycles. The molecule has 0 spiro atoms. The third-order valence-electron chi connectivity index (χ3n) is 1.12. The van der Waals surface area contributed by atoms with Crippen molar-refractivity contribution in [2.45, 2.75) is 6.92 Å². The molecule has 0 aliphatic carbocycles. The van der Waals surface area contributed by atoms with Crippen LogP contribution in [0.2, 0.25) is 0 Å². The molecule has 1 rings (SSSR count). The lowest BCUT2D eigenvalue weighted by Gasteiger charge is -1.93. The van der Waals surface area contributed by atoms with Crippen LogP contribution in [0.1, 0.15) is 5.69 Å². The van der Waals surface area contributed by atoms with E-state index in [1.54, 1.807) is 0 Å². The van der Waals surface area contributed by atoms with Crippen LogP contribution in [0.3, 0.4) is 0 Å². The van der Waals surface area contributed by atoms with Crippen LogP contribution < -0.4 is 5.32 Å². The fraction of sp³-hybridized carbons (Fsp3) is 0.286. The Bertz CT molecular complexity index is 321. The third-order valence-corrected chi connectivity index (χ3v) is 2.00. The molecule has 13 heavy (non-hydrogen) atoms. The normalized spacial score (nSPS) is 10.3. The van der Waals surface area contributed by atoms with Gasteiger partial charge in [0.05, 0.1) is 5.69 Å². The molecule has 0 saturated carbocycles. The van der Waals surface area contributed by atoms with Crippen molar-refractivity contribution in [2.24, 2.45) is 5.16 Å². The van der Waals surface area contributed by atoms with Crippen molar-refractivity contribution in [3.8, 4) is 0 Å². The van der Waals surface area contributed by atoms with Crippen molar-refractivity contribution in [1.82, 2.24) is 4.98 Å². The van der Waals surface area contributed by atoms with Crippen molar-refractivity contribution in [1.29, 1.82) is 0 Å². The Morgan fingerprint density at radius 3 is 3.15 bits per heavy atom. The van der Waals surface area contributed by atoms with E-state index in [0.717, 1.165) is 11.9 Å². The Morgan fingerprint density at radius 2 is 2.62 bits per heavy atom. The fourth-order valence-electron chi connectivity index (χ4n) is 0.650. The average molecular weight is 199 g/mol. The molecule has 1 aromatic heterocycles. The molecule has 0 aliphatic rings. The summed E-state index contributed by atoms with van der Waals surface area (Å²) in [5.74, 6) is -0.351. The monoisotopic (exact) mass is 199 g/mol. The number of aromatic nitrogens is 1. The molecule has 0 saturated heterocycles. The van der Waals surface area contributed by atoms with Gasteiger partial charge in [-0.25, -0.2) is 4.98 Å². The van der Waals surface area contributed by atoms with Crippen LogP contribution in [0.4, 0.5) is 5.13 Å². The molecule has 1 N–H and O–H groups in total. The quantitative estimate of drug-likeness (QED) is 0.584. The number of aryl methyl sites for hydroxylation is 1. The Hall–Kier alpha value is -1.43. The molecule has 0 unspecified atom stereocenters. The van der Waals surface area contributed by atoms with Gasteiger partial charge >= 0.3 is 0 Å². The van der Waals surface area contributed by atoms with Crippen molar-refractivity contribution in [3.05, 3.63) is 11.1 Å². The zero-order valence-electron chi connectivity index (χ0n) is 7.27. The van der Waals surface area contributed by atoms with Gasteiger partial charge in [0, 0.05) is 5.38 Å². The van der Waals surface area contributed by atoms with E-state index in [9.17, 15) is 4.79 Å². The number of nitrogens with zero attached hydrogens (tertiary/aromatic N) is 2. The Morgan fingerprint density at radius 1 is 1.85 bits per heavy atom. The van der Waals surface area contributed by atoms with Gasteiger partial charge in [0.1, 0.15) is 13.3 Å². The summed E-state index contributed by atoms with van der Waals surface area (Å²) < 4.78 is 0. The van der Waals surface area contributed by atoms with Crippen LogP contribution in [0.5, 0.6) is 0 Å². The van der Waals surface area contributed by atoms with Crippen LogP contribution in [-0.4, -0.2) is 24.2 Å². The van der Waals surface area contributed by atoms with E-state index < -0.39 is 0 Å². The summed E-state index contributed by atoms with van der Waals surface area (Å²) in [6.45, 7) is 1.86. The predicted molar refractivity (Wildman–Crippen MR) is 51.0 cm³/mol. The van der Waals surface area contributed by atoms with E-state index >= 15 is 0 Å². The number of hydrogen-bond donors (Lipinski definition) is 1. The minimum Gasteiger partial charge on any atom is -0.399 e. The maximum Gasteiger partial charge on any atom is 0.271 e. The fourth-order valence-corrected chi connectivity index (χ4v) is 1.34. The lowest BCUT2D eigenvalue weighted by atomic mass is 10.6. The second-order valence-electron chi connectivity index (χ2n) is 2.20. The largest absolute Gasteiger partial charge is 0.399 e. The zero-order chi connectivity index (χ0) is 9.68. The summed E-state index contributed by atoms with van der Waals surface area (Å²) in [4.78, 5) is 19.4.